The summed E-state index contributed by atoms with van der Waals surface area (Å²) in [5, 5.41) is 5.42. The smallest absolute Gasteiger partial charge is 0.338 e. The highest BCUT2D eigenvalue weighted by molar-refractivity contribution is 6.03. The van der Waals surface area contributed by atoms with Gasteiger partial charge in [-0.3, -0.25) is 9.59 Å². The zero-order chi connectivity index (χ0) is 25.5. The molecule has 0 fully saturated rings. The van der Waals surface area contributed by atoms with Crippen LogP contribution in [-0.2, 0) is 9.53 Å². The van der Waals surface area contributed by atoms with Crippen LogP contribution in [0, 0.1) is 6.92 Å². The average Bonchev–Trinajstić information content (AvgIpc) is 3.42. The van der Waals surface area contributed by atoms with Gasteiger partial charge in [0.1, 0.15) is 11.5 Å². The number of carbonyl (C=O) groups excluding carboxylic acids is 3. The Morgan fingerprint density at radius 1 is 0.833 bits per heavy atom. The van der Waals surface area contributed by atoms with Crippen molar-refractivity contribution in [1.29, 1.82) is 0 Å². The molecule has 8 heteroatoms. The van der Waals surface area contributed by atoms with Gasteiger partial charge in [0.15, 0.2) is 11.9 Å². The Morgan fingerprint density at radius 3 is 2.25 bits per heavy atom. The average molecular weight is 485 g/mol. The van der Waals surface area contributed by atoms with Gasteiger partial charge in [-0.25, -0.2) is 4.79 Å². The molecule has 8 nitrogen and oxygen atoms in total. The molecule has 0 bridgehead atoms. The van der Waals surface area contributed by atoms with E-state index in [2.05, 4.69) is 10.6 Å². The van der Waals surface area contributed by atoms with Crippen LogP contribution in [-0.4, -0.2) is 23.9 Å². The zero-order valence-corrected chi connectivity index (χ0v) is 19.7. The monoisotopic (exact) mass is 484 g/mol. The third-order valence-corrected chi connectivity index (χ3v) is 5.22. The van der Waals surface area contributed by atoms with E-state index in [1.54, 1.807) is 49.4 Å². The molecule has 4 aromatic rings. The van der Waals surface area contributed by atoms with E-state index in [0.717, 1.165) is 5.56 Å². The molecular formula is C28H24N2O6. The molecule has 2 amide bonds. The number of hydrogen-bond acceptors (Lipinski definition) is 6. The van der Waals surface area contributed by atoms with E-state index in [9.17, 15) is 14.4 Å². The van der Waals surface area contributed by atoms with Crippen molar-refractivity contribution in [2.24, 2.45) is 0 Å². The predicted molar refractivity (Wildman–Crippen MR) is 134 cm³/mol. The second-order valence-corrected chi connectivity index (χ2v) is 7.94. The predicted octanol–water partition coefficient (Wildman–Crippen LogP) is 5.82. The van der Waals surface area contributed by atoms with Gasteiger partial charge in [0.2, 0.25) is 0 Å². The molecule has 3 aromatic carbocycles. The topological polar surface area (TPSA) is 107 Å². The van der Waals surface area contributed by atoms with E-state index in [0.29, 0.717) is 22.9 Å². The van der Waals surface area contributed by atoms with Crippen molar-refractivity contribution in [3.05, 3.63) is 108 Å². The van der Waals surface area contributed by atoms with E-state index < -0.39 is 23.9 Å². The molecule has 0 aliphatic heterocycles. The molecule has 2 N–H and O–H groups in total. The molecule has 0 aliphatic carbocycles. The van der Waals surface area contributed by atoms with Crippen LogP contribution < -0.4 is 15.4 Å². The molecule has 36 heavy (non-hydrogen) atoms. The lowest BCUT2D eigenvalue weighted by Gasteiger charge is -2.15. The molecule has 1 atom stereocenters. The van der Waals surface area contributed by atoms with Crippen molar-refractivity contribution in [1.82, 2.24) is 0 Å². The van der Waals surface area contributed by atoms with Gasteiger partial charge in [-0.2, -0.15) is 0 Å². The van der Waals surface area contributed by atoms with Crippen LogP contribution in [0.4, 0.5) is 11.4 Å². The van der Waals surface area contributed by atoms with Crippen LogP contribution in [0.1, 0.15) is 33.4 Å². The minimum atomic E-state index is -1.06. The molecular weight excluding hydrogens is 460 g/mol. The Hall–Kier alpha value is -4.85. The van der Waals surface area contributed by atoms with Crippen molar-refractivity contribution >= 4 is 29.2 Å². The summed E-state index contributed by atoms with van der Waals surface area (Å²) in [4.78, 5) is 37.5. The maximum Gasteiger partial charge on any atom is 0.338 e. The highest BCUT2D eigenvalue weighted by atomic mass is 16.5. The maximum absolute atomic E-state index is 12.7. The van der Waals surface area contributed by atoms with Crippen LogP contribution in [0.2, 0.25) is 0 Å². The van der Waals surface area contributed by atoms with Gasteiger partial charge in [0, 0.05) is 11.4 Å². The fraction of sp³-hybridized carbons (Fsp3) is 0.107. The highest BCUT2D eigenvalue weighted by Crippen LogP contribution is 2.23. The summed E-state index contributed by atoms with van der Waals surface area (Å²) < 4.78 is 16.2. The van der Waals surface area contributed by atoms with Gasteiger partial charge in [0.25, 0.3) is 11.8 Å². The van der Waals surface area contributed by atoms with Crippen molar-refractivity contribution in [3.8, 4) is 11.5 Å². The fourth-order valence-corrected chi connectivity index (χ4v) is 3.23. The molecule has 0 saturated carbocycles. The molecule has 0 radical (unpaired) electrons. The number of aryl methyl sites for hydroxylation is 1. The minimum Gasteiger partial charge on any atom is -0.459 e. The lowest BCUT2D eigenvalue weighted by Crippen LogP contribution is -2.30. The summed E-state index contributed by atoms with van der Waals surface area (Å²) in [6.45, 7) is 3.27. The number of nitrogens with one attached hydrogen (secondary N) is 2. The maximum atomic E-state index is 12.7. The van der Waals surface area contributed by atoms with E-state index >= 15 is 0 Å². The van der Waals surface area contributed by atoms with E-state index in [1.807, 2.05) is 30.3 Å². The summed E-state index contributed by atoms with van der Waals surface area (Å²) in [6.07, 6.45) is 0.342. The largest absolute Gasteiger partial charge is 0.459 e. The third kappa shape index (κ3) is 6.18. The minimum absolute atomic E-state index is 0.146. The molecule has 1 heterocycles. The summed E-state index contributed by atoms with van der Waals surface area (Å²) in [6, 6.07) is 24.1. The Labute approximate surface area is 207 Å². The molecule has 0 aliphatic rings. The van der Waals surface area contributed by atoms with Crippen molar-refractivity contribution < 1.29 is 28.3 Å². The van der Waals surface area contributed by atoms with Crippen LogP contribution in [0.3, 0.4) is 0 Å². The Morgan fingerprint density at radius 2 is 1.56 bits per heavy atom. The lowest BCUT2D eigenvalue weighted by atomic mass is 10.1. The van der Waals surface area contributed by atoms with Crippen LogP contribution in [0.15, 0.2) is 95.6 Å². The summed E-state index contributed by atoms with van der Waals surface area (Å²) in [7, 11) is 0. The van der Waals surface area contributed by atoms with Gasteiger partial charge in [-0.05, 0) is 80.1 Å². The quantitative estimate of drug-likeness (QED) is 0.305. The van der Waals surface area contributed by atoms with Crippen LogP contribution in [0.25, 0.3) is 0 Å². The number of carbonyl (C=O) groups is 3. The zero-order valence-electron chi connectivity index (χ0n) is 19.7. The number of anilines is 2. The van der Waals surface area contributed by atoms with Crippen LogP contribution >= 0.6 is 0 Å². The molecule has 182 valence electrons. The summed E-state index contributed by atoms with van der Waals surface area (Å²) >= 11 is 0. The molecule has 0 unspecified atom stereocenters. The third-order valence-electron chi connectivity index (χ3n) is 5.22. The number of rotatable bonds is 8. The summed E-state index contributed by atoms with van der Waals surface area (Å²) in [5.41, 5.74) is 1.90. The number of furan rings is 1. The van der Waals surface area contributed by atoms with Crippen molar-refractivity contribution in [2.75, 3.05) is 10.6 Å². The first-order chi connectivity index (χ1) is 17.4. The Balaban J connectivity index is 1.34. The standard InChI is InChI=1S/C28H24N2O6/c1-18-10-11-20(17-24(18)30-27(32)25-9-6-16-34-25)28(33)35-19(2)26(31)29-21-12-14-23(15-13-21)36-22-7-4-3-5-8-22/h3-17,19H,1-2H3,(H,29,31)(H,30,32)/t19-/m0/s1. The van der Waals surface area contributed by atoms with Crippen LogP contribution in [0.5, 0.6) is 11.5 Å². The summed E-state index contributed by atoms with van der Waals surface area (Å²) in [5.74, 6) is -0.159. The van der Waals surface area contributed by atoms with Crippen molar-refractivity contribution in [2.45, 2.75) is 20.0 Å². The number of benzene rings is 3. The fourth-order valence-electron chi connectivity index (χ4n) is 3.23. The second-order valence-electron chi connectivity index (χ2n) is 7.94. The Bertz CT molecular complexity index is 1350. The van der Waals surface area contributed by atoms with Gasteiger partial charge in [-0.1, -0.05) is 24.3 Å². The molecule has 4 rings (SSSR count). The molecule has 1 aromatic heterocycles. The number of para-hydroxylation sites is 1. The molecule has 0 saturated heterocycles. The first kappa shape index (κ1) is 24.3. The number of ether oxygens (including phenoxy) is 2. The van der Waals surface area contributed by atoms with Gasteiger partial charge < -0.3 is 24.5 Å². The SMILES string of the molecule is Cc1ccc(C(=O)O[C@@H](C)C(=O)Nc2ccc(Oc3ccccc3)cc2)cc1NC(=O)c1ccco1. The first-order valence-electron chi connectivity index (χ1n) is 11.2. The number of hydrogen-bond donors (Lipinski definition) is 2. The van der Waals surface area contributed by atoms with E-state index in [1.165, 1.54) is 25.3 Å². The van der Waals surface area contributed by atoms with Gasteiger partial charge in [-0.15, -0.1) is 0 Å². The van der Waals surface area contributed by atoms with Gasteiger partial charge >= 0.3 is 5.97 Å². The number of amides is 2. The van der Waals surface area contributed by atoms with E-state index in [4.69, 9.17) is 13.9 Å². The lowest BCUT2D eigenvalue weighted by molar-refractivity contribution is -0.123. The Kier molecular flexibility index (Phi) is 7.45. The molecule has 0 spiro atoms. The van der Waals surface area contributed by atoms with Gasteiger partial charge in [0.05, 0.1) is 11.8 Å². The normalized spacial score (nSPS) is 11.3. The van der Waals surface area contributed by atoms with Crippen molar-refractivity contribution in [3.63, 3.8) is 0 Å². The second kappa shape index (κ2) is 11.1. The highest BCUT2D eigenvalue weighted by Gasteiger charge is 2.20. The number of esters is 1. The first-order valence-corrected chi connectivity index (χ1v) is 11.2. The van der Waals surface area contributed by atoms with E-state index in [-0.39, 0.29) is 11.3 Å².